The van der Waals surface area contributed by atoms with Crippen molar-refractivity contribution in [3.05, 3.63) is 0 Å². The van der Waals surface area contributed by atoms with Crippen LogP contribution in [0.2, 0.25) is 0 Å². The van der Waals surface area contributed by atoms with Gasteiger partial charge in [0.15, 0.2) is 0 Å². The maximum atomic E-state index is 4.71. The zero-order chi connectivity index (χ0) is 5.70. The molecule has 0 saturated heterocycles. The van der Waals surface area contributed by atoms with Gasteiger partial charge in [-0.05, 0) is 0 Å². The molecule has 0 aliphatic rings. The predicted octanol–water partition coefficient (Wildman–Crippen LogP) is -0.776. The summed E-state index contributed by atoms with van der Waals surface area (Å²) in [5.41, 5.74) is 0. The van der Waals surface area contributed by atoms with E-state index < -0.39 is 0 Å². The van der Waals surface area contributed by atoms with E-state index >= 15 is 0 Å². The second kappa shape index (κ2) is 5.08. The minimum atomic E-state index is 0.584. The molecule has 0 radical (unpaired) electrons. The molecule has 2 nitrogen and oxygen atoms in total. The van der Waals surface area contributed by atoms with Gasteiger partial charge in [-0.2, -0.15) is 0 Å². The van der Waals surface area contributed by atoms with E-state index in [4.69, 9.17) is 12.2 Å². The molecule has 42 valence electrons. The molecule has 7 heavy (non-hydrogen) atoms. The zero-order valence-corrected chi connectivity index (χ0v) is 10.5. The van der Waals surface area contributed by atoms with Crippen LogP contribution in [0.4, 0.5) is 0 Å². The first-order chi connectivity index (χ1) is 3.31. The van der Waals surface area contributed by atoms with Gasteiger partial charge >= 0.3 is 65.7 Å². The van der Waals surface area contributed by atoms with Crippen LogP contribution in [0, 0.1) is 0 Å². The molecular formula is CH6GeN2S3. The first kappa shape index (κ1) is 7.93. The van der Waals surface area contributed by atoms with E-state index in [1.165, 1.54) is 11.0 Å². The summed E-state index contributed by atoms with van der Waals surface area (Å²) < 4.78 is 5.65. The van der Waals surface area contributed by atoms with Crippen molar-refractivity contribution >= 4 is 56.7 Å². The number of thiol groups is 1. The van der Waals surface area contributed by atoms with Crippen molar-refractivity contribution in [2.75, 3.05) is 0 Å². The van der Waals surface area contributed by atoms with E-state index in [-0.39, 0.29) is 0 Å². The summed E-state index contributed by atoms with van der Waals surface area (Å²) in [5.74, 6) is 0. The van der Waals surface area contributed by atoms with Crippen LogP contribution in [0.25, 0.3) is 0 Å². The summed E-state index contributed by atoms with van der Waals surface area (Å²) in [5, 5.41) is 0.681. The van der Waals surface area contributed by atoms with E-state index in [1.54, 1.807) is 0 Å². The molecular weight excluding hydrogens is 209 g/mol. The Morgan fingerprint density at radius 2 is 2.43 bits per heavy atom. The third-order valence-electron chi connectivity index (χ3n) is 0.365. The van der Waals surface area contributed by atoms with Gasteiger partial charge < -0.3 is 0 Å². The number of thiocarbonyl (C=S) groups is 1. The van der Waals surface area contributed by atoms with Crippen LogP contribution in [0.1, 0.15) is 0 Å². The Morgan fingerprint density at radius 1 is 1.86 bits per heavy atom. The van der Waals surface area contributed by atoms with Crippen molar-refractivity contribution in [1.82, 2.24) is 9.00 Å². The van der Waals surface area contributed by atoms with Crippen molar-refractivity contribution in [2.24, 2.45) is 0 Å². The molecule has 0 aliphatic carbocycles. The fourth-order valence-electron chi connectivity index (χ4n) is 0.0925. The number of hydrogen-bond acceptors (Lipinski definition) is 3. The van der Waals surface area contributed by atoms with Crippen molar-refractivity contribution in [3.8, 4) is 0 Å². The monoisotopic (exact) mass is 216 g/mol. The van der Waals surface area contributed by atoms with Crippen LogP contribution < -0.4 is 9.00 Å². The molecule has 0 spiro atoms. The molecule has 0 heterocycles. The Kier molecular flexibility index (Phi) is 5.75. The molecule has 6 heteroatoms. The van der Waals surface area contributed by atoms with Crippen molar-refractivity contribution < 1.29 is 0 Å². The Hall–Kier alpha value is 0.933. The average Bonchev–Trinajstić information content (AvgIpc) is 1.68. The van der Waals surface area contributed by atoms with E-state index in [0.717, 1.165) is 0 Å². The third kappa shape index (κ3) is 4.79. The van der Waals surface area contributed by atoms with Gasteiger partial charge in [0.2, 0.25) is 0 Å². The third-order valence-corrected chi connectivity index (χ3v) is 3.18. The van der Waals surface area contributed by atoms with E-state index in [1.807, 2.05) is 0 Å². The summed E-state index contributed by atoms with van der Waals surface area (Å²) in [6.07, 6.45) is 0. The summed E-state index contributed by atoms with van der Waals surface area (Å²) in [6, 6.07) is 0. The van der Waals surface area contributed by atoms with Crippen LogP contribution in [-0.4, -0.2) is 21.8 Å². The molecule has 0 aromatic rings. The van der Waals surface area contributed by atoms with Gasteiger partial charge in [0, 0.05) is 0 Å². The van der Waals surface area contributed by atoms with Gasteiger partial charge in [0.05, 0.1) is 0 Å². The summed E-state index contributed by atoms with van der Waals surface area (Å²) in [6.45, 7) is 0. The van der Waals surface area contributed by atoms with Crippen LogP contribution >= 0.6 is 34.9 Å². The molecule has 0 amide bonds. The molecule has 0 bridgehead atoms. The normalized spacial score (nSPS) is 8.14. The number of nitrogens with one attached hydrogen (secondary N) is 2. The Morgan fingerprint density at radius 3 is 2.57 bits per heavy atom. The van der Waals surface area contributed by atoms with E-state index in [0.29, 0.717) is 21.8 Å². The SMILES string of the molecule is S=C([NH][GeH3])NSS. The second-order valence-corrected chi connectivity index (χ2v) is 3.16. The van der Waals surface area contributed by atoms with Gasteiger partial charge in [0.1, 0.15) is 0 Å². The van der Waals surface area contributed by atoms with Crippen LogP contribution in [0.15, 0.2) is 0 Å². The second-order valence-electron chi connectivity index (χ2n) is 0.772. The van der Waals surface area contributed by atoms with Gasteiger partial charge in [-0.25, -0.2) is 0 Å². The predicted molar refractivity (Wildman–Crippen MR) is 45.4 cm³/mol. The molecule has 0 aromatic carbocycles. The first-order valence-electron chi connectivity index (χ1n) is 1.59. The maximum absolute atomic E-state index is 4.71. The minimum absolute atomic E-state index is 0.584. The summed E-state index contributed by atoms with van der Waals surface area (Å²) in [4.78, 5) is 0. The van der Waals surface area contributed by atoms with Gasteiger partial charge in [-0.1, -0.05) is 0 Å². The van der Waals surface area contributed by atoms with Gasteiger partial charge in [-0.15, -0.1) is 0 Å². The molecule has 0 saturated carbocycles. The summed E-state index contributed by atoms with van der Waals surface area (Å²) >= 11 is 9.11. The molecule has 2 N–H and O–H groups in total. The molecule has 0 unspecified atom stereocenters. The summed E-state index contributed by atoms with van der Waals surface area (Å²) in [7, 11) is 1.21. The fourth-order valence-corrected chi connectivity index (χ4v) is 1.50. The van der Waals surface area contributed by atoms with E-state index in [2.05, 4.69) is 20.7 Å². The Labute approximate surface area is 65.6 Å². The quantitative estimate of drug-likeness (QED) is 0.176. The number of rotatable bonds is 1. The molecule has 0 aliphatic heterocycles. The Bertz CT molecular complexity index is 66.0. The topological polar surface area (TPSA) is 24.1 Å². The molecule has 0 aromatic heterocycles. The molecule has 0 atom stereocenters. The van der Waals surface area contributed by atoms with Crippen molar-refractivity contribution in [1.29, 1.82) is 0 Å². The molecule has 0 rings (SSSR count). The molecule has 0 fully saturated rings. The van der Waals surface area contributed by atoms with Gasteiger partial charge in [0.25, 0.3) is 0 Å². The average molecular weight is 215 g/mol. The van der Waals surface area contributed by atoms with Crippen LogP contribution in [0.3, 0.4) is 0 Å². The van der Waals surface area contributed by atoms with Crippen LogP contribution in [0.5, 0.6) is 0 Å². The Balaban J connectivity index is 3.00. The van der Waals surface area contributed by atoms with Crippen molar-refractivity contribution in [2.45, 2.75) is 0 Å². The zero-order valence-electron chi connectivity index (χ0n) is 3.76. The van der Waals surface area contributed by atoms with E-state index in [9.17, 15) is 0 Å². The van der Waals surface area contributed by atoms with Gasteiger partial charge in [-0.3, -0.25) is 0 Å². The fraction of sp³-hybridized carbons (Fsp3) is 0. The standard InChI is InChI=1S/CH6GeN2S3/c2-3-1(5)4-7-6/h6H,2H3,(H2,3,4,5). The van der Waals surface area contributed by atoms with Crippen molar-refractivity contribution in [3.63, 3.8) is 0 Å². The van der Waals surface area contributed by atoms with Crippen LogP contribution in [-0.2, 0) is 0 Å². The number of hydrogen-bond donors (Lipinski definition) is 3. The first-order valence-corrected chi connectivity index (χ1v) is 5.97.